The molecule has 1 N–H and O–H groups in total. The van der Waals surface area contributed by atoms with E-state index in [1.54, 1.807) is 7.11 Å². The Bertz CT molecular complexity index is 546. The lowest BCUT2D eigenvalue weighted by atomic mass is 9.90. The number of carbonyl (C=O) groups is 1. The highest BCUT2D eigenvalue weighted by Crippen LogP contribution is 2.49. The second-order valence-corrected chi connectivity index (χ2v) is 6.38. The summed E-state index contributed by atoms with van der Waals surface area (Å²) in [6, 6.07) is 5.76. The molecule has 5 heteroatoms. The van der Waals surface area contributed by atoms with Gasteiger partial charge in [-0.3, -0.25) is 4.79 Å². The van der Waals surface area contributed by atoms with Gasteiger partial charge < -0.3 is 19.3 Å². The summed E-state index contributed by atoms with van der Waals surface area (Å²) in [5, 5.41) is 9.27. The van der Waals surface area contributed by atoms with Crippen LogP contribution in [-0.4, -0.2) is 37.5 Å². The summed E-state index contributed by atoms with van der Waals surface area (Å²) in [5.41, 5.74) is 0.958. The molecule has 0 radical (unpaired) electrons. The van der Waals surface area contributed by atoms with Gasteiger partial charge >= 0.3 is 5.97 Å². The Kier molecular flexibility index (Phi) is 5.06. The van der Waals surface area contributed by atoms with E-state index in [1.807, 2.05) is 18.2 Å². The zero-order valence-electron chi connectivity index (χ0n) is 13.5. The fourth-order valence-electron chi connectivity index (χ4n) is 3.30. The number of aliphatic carboxylic acids is 1. The molecular formula is C18H24O5. The molecule has 0 spiro atoms. The summed E-state index contributed by atoms with van der Waals surface area (Å²) >= 11 is 0. The van der Waals surface area contributed by atoms with Crippen molar-refractivity contribution in [2.45, 2.75) is 44.1 Å². The second kappa shape index (κ2) is 7.21. The molecule has 2 aliphatic rings. The van der Waals surface area contributed by atoms with Gasteiger partial charge in [0, 0.05) is 18.1 Å². The summed E-state index contributed by atoms with van der Waals surface area (Å²) in [4.78, 5) is 11.3. The van der Waals surface area contributed by atoms with E-state index in [9.17, 15) is 9.90 Å². The topological polar surface area (TPSA) is 65.0 Å². The summed E-state index contributed by atoms with van der Waals surface area (Å²) in [6.45, 7) is 1.35. The zero-order valence-corrected chi connectivity index (χ0v) is 13.5. The Morgan fingerprint density at radius 3 is 2.83 bits per heavy atom. The average Bonchev–Trinajstić information content (AvgIpc) is 3.39. The highest BCUT2D eigenvalue weighted by molar-refractivity contribution is 5.69. The van der Waals surface area contributed by atoms with Crippen molar-refractivity contribution in [3.63, 3.8) is 0 Å². The number of methoxy groups -OCH3 is 1. The Morgan fingerprint density at radius 1 is 1.39 bits per heavy atom. The van der Waals surface area contributed by atoms with Gasteiger partial charge in [0.05, 0.1) is 20.1 Å². The van der Waals surface area contributed by atoms with Gasteiger partial charge in [-0.15, -0.1) is 0 Å². The van der Waals surface area contributed by atoms with Crippen LogP contribution in [0.5, 0.6) is 11.5 Å². The van der Waals surface area contributed by atoms with E-state index in [1.165, 1.54) is 0 Å². The van der Waals surface area contributed by atoms with Crippen molar-refractivity contribution in [3.8, 4) is 11.5 Å². The molecule has 1 saturated heterocycles. The predicted octanol–water partition coefficient (Wildman–Crippen LogP) is 3.22. The molecule has 1 aliphatic carbocycles. The molecule has 126 valence electrons. The lowest BCUT2D eigenvalue weighted by molar-refractivity contribution is -0.137. The fourth-order valence-corrected chi connectivity index (χ4v) is 3.30. The van der Waals surface area contributed by atoms with Crippen molar-refractivity contribution >= 4 is 5.97 Å². The van der Waals surface area contributed by atoms with Crippen LogP contribution in [0.3, 0.4) is 0 Å². The molecule has 5 nitrogen and oxygen atoms in total. The van der Waals surface area contributed by atoms with Gasteiger partial charge in [0.1, 0.15) is 6.10 Å². The SMILES string of the molecule is COc1cccc(C(CC(=O)O)C2CC2)c1OC1CCCOC1. The van der Waals surface area contributed by atoms with Crippen LogP contribution in [0.1, 0.15) is 43.6 Å². The maximum absolute atomic E-state index is 11.3. The Labute approximate surface area is 136 Å². The molecule has 2 fully saturated rings. The molecule has 1 aliphatic heterocycles. The Hall–Kier alpha value is -1.75. The molecule has 1 aromatic rings. The third-order valence-electron chi connectivity index (χ3n) is 4.62. The number of carboxylic acid groups (broad SMARTS) is 1. The Morgan fingerprint density at radius 2 is 2.22 bits per heavy atom. The van der Waals surface area contributed by atoms with Crippen molar-refractivity contribution in [1.82, 2.24) is 0 Å². The van der Waals surface area contributed by atoms with Crippen LogP contribution in [0, 0.1) is 5.92 Å². The summed E-state index contributed by atoms with van der Waals surface area (Å²) in [5.74, 6) is 1.02. The number of hydrogen-bond donors (Lipinski definition) is 1. The summed E-state index contributed by atoms with van der Waals surface area (Å²) < 4.78 is 17.2. The molecule has 1 heterocycles. The van der Waals surface area contributed by atoms with E-state index < -0.39 is 5.97 Å². The van der Waals surface area contributed by atoms with Crippen LogP contribution >= 0.6 is 0 Å². The normalized spacial score (nSPS) is 22.4. The van der Waals surface area contributed by atoms with E-state index in [4.69, 9.17) is 14.2 Å². The van der Waals surface area contributed by atoms with E-state index in [0.717, 1.165) is 37.9 Å². The first kappa shape index (κ1) is 16.1. The molecule has 1 aromatic carbocycles. The van der Waals surface area contributed by atoms with Crippen LogP contribution < -0.4 is 9.47 Å². The van der Waals surface area contributed by atoms with Gasteiger partial charge in [-0.1, -0.05) is 12.1 Å². The van der Waals surface area contributed by atoms with E-state index >= 15 is 0 Å². The monoisotopic (exact) mass is 320 g/mol. The maximum atomic E-state index is 11.3. The number of hydrogen-bond acceptors (Lipinski definition) is 4. The number of para-hydroxylation sites is 1. The summed E-state index contributed by atoms with van der Waals surface area (Å²) in [7, 11) is 1.62. The molecule has 0 aromatic heterocycles. The lowest BCUT2D eigenvalue weighted by Crippen LogP contribution is -2.28. The van der Waals surface area contributed by atoms with Crippen LogP contribution in [0.15, 0.2) is 18.2 Å². The minimum absolute atomic E-state index is 0.00322. The highest BCUT2D eigenvalue weighted by atomic mass is 16.5. The Balaban J connectivity index is 1.89. The van der Waals surface area contributed by atoms with Crippen LogP contribution in [0.4, 0.5) is 0 Å². The first-order valence-corrected chi connectivity index (χ1v) is 8.32. The fraction of sp³-hybridized carbons (Fsp3) is 0.611. The van der Waals surface area contributed by atoms with Crippen molar-refractivity contribution in [3.05, 3.63) is 23.8 Å². The van der Waals surface area contributed by atoms with Crippen LogP contribution in [0.25, 0.3) is 0 Å². The van der Waals surface area contributed by atoms with Gasteiger partial charge in [-0.05, 0) is 37.7 Å². The average molecular weight is 320 g/mol. The zero-order chi connectivity index (χ0) is 16.2. The van der Waals surface area contributed by atoms with Gasteiger partial charge in [-0.25, -0.2) is 0 Å². The van der Waals surface area contributed by atoms with Gasteiger partial charge in [0.25, 0.3) is 0 Å². The summed E-state index contributed by atoms with van der Waals surface area (Å²) in [6.07, 6.45) is 4.24. The van der Waals surface area contributed by atoms with E-state index in [0.29, 0.717) is 24.0 Å². The second-order valence-electron chi connectivity index (χ2n) is 6.38. The van der Waals surface area contributed by atoms with Crippen LogP contribution in [-0.2, 0) is 9.53 Å². The quantitative estimate of drug-likeness (QED) is 0.835. The van der Waals surface area contributed by atoms with Gasteiger partial charge in [0.2, 0.25) is 0 Å². The lowest BCUT2D eigenvalue weighted by Gasteiger charge is -2.27. The number of benzene rings is 1. The molecule has 2 unspecified atom stereocenters. The predicted molar refractivity (Wildman–Crippen MR) is 85.2 cm³/mol. The molecule has 2 atom stereocenters. The minimum Gasteiger partial charge on any atom is -0.493 e. The first-order chi connectivity index (χ1) is 11.2. The molecule has 23 heavy (non-hydrogen) atoms. The smallest absolute Gasteiger partial charge is 0.303 e. The van der Waals surface area contributed by atoms with Crippen molar-refractivity contribution in [2.75, 3.05) is 20.3 Å². The van der Waals surface area contributed by atoms with E-state index in [2.05, 4.69) is 0 Å². The minimum atomic E-state index is -0.767. The third-order valence-corrected chi connectivity index (χ3v) is 4.62. The molecule has 3 rings (SSSR count). The van der Waals surface area contributed by atoms with Crippen molar-refractivity contribution < 1.29 is 24.1 Å². The number of ether oxygens (including phenoxy) is 3. The maximum Gasteiger partial charge on any atom is 0.303 e. The third kappa shape index (κ3) is 3.96. The van der Waals surface area contributed by atoms with Gasteiger partial charge in [0.15, 0.2) is 11.5 Å². The van der Waals surface area contributed by atoms with E-state index in [-0.39, 0.29) is 18.4 Å². The molecular weight excluding hydrogens is 296 g/mol. The number of carboxylic acids is 1. The van der Waals surface area contributed by atoms with Crippen molar-refractivity contribution in [2.24, 2.45) is 5.92 Å². The molecule has 0 bridgehead atoms. The largest absolute Gasteiger partial charge is 0.493 e. The number of rotatable bonds is 7. The van der Waals surface area contributed by atoms with Crippen LogP contribution in [0.2, 0.25) is 0 Å². The van der Waals surface area contributed by atoms with Gasteiger partial charge in [-0.2, -0.15) is 0 Å². The first-order valence-electron chi connectivity index (χ1n) is 8.32. The molecule has 0 amide bonds. The molecule has 1 saturated carbocycles. The standard InChI is InChI=1S/C18H24O5/c1-21-16-6-2-5-14(15(10-17(19)20)12-7-8-12)18(16)23-13-4-3-9-22-11-13/h2,5-6,12-13,15H,3-4,7-11H2,1H3,(H,19,20). The van der Waals surface area contributed by atoms with Crippen molar-refractivity contribution in [1.29, 1.82) is 0 Å². The highest BCUT2D eigenvalue weighted by Gasteiger charge is 2.36.